The summed E-state index contributed by atoms with van der Waals surface area (Å²) >= 11 is 0. The van der Waals surface area contributed by atoms with Crippen LogP contribution in [0.5, 0.6) is 0 Å². The summed E-state index contributed by atoms with van der Waals surface area (Å²) in [5, 5.41) is 14.3. The third-order valence-corrected chi connectivity index (χ3v) is 5.77. The Kier molecular flexibility index (Phi) is 5.35. The average Bonchev–Trinajstić information content (AvgIpc) is 2.87. The van der Waals surface area contributed by atoms with E-state index in [0.29, 0.717) is 5.56 Å². The lowest BCUT2D eigenvalue weighted by Gasteiger charge is -2.13. The van der Waals surface area contributed by atoms with Crippen LogP contribution in [-0.2, 0) is 0 Å². The number of benzene rings is 5. The van der Waals surface area contributed by atoms with Gasteiger partial charge in [0.1, 0.15) is 0 Å². The summed E-state index contributed by atoms with van der Waals surface area (Å²) in [5.41, 5.74) is 5.17. The molecule has 0 N–H and O–H groups in total. The first-order valence-electron chi connectivity index (χ1n) is 10.7. The monoisotopic (exact) mass is 407 g/mol. The lowest BCUT2D eigenvalue weighted by molar-refractivity contribution is 1.47. The average molecular weight is 408 g/mol. The van der Waals surface area contributed by atoms with Gasteiger partial charge in [0, 0.05) is 0 Å². The van der Waals surface area contributed by atoms with Crippen molar-refractivity contribution < 1.29 is 0 Å². The fourth-order valence-corrected chi connectivity index (χ4v) is 4.22. The lowest BCUT2D eigenvalue weighted by Crippen LogP contribution is -1.89. The smallest absolute Gasteiger partial charge is 0.0997 e. The van der Waals surface area contributed by atoms with Crippen LogP contribution in [0.15, 0.2) is 103 Å². The van der Waals surface area contributed by atoms with E-state index in [1.165, 1.54) is 38.2 Å². The highest BCUT2D eigenvalue weighted by atomic mass is 14.2. The molecule has 0 aliphatic heterocycles. The number of hydrogen-bond acceptors (Lipinski definition) is 1. The zero-order valence-corrected chi connectivity index (χ0v) is 17.6. The maximum Gasteiger partial charge on any atom is 0.0997 e. The van der Waals surface area contributed by atoms with Gasteiger partial charge in [-0.3, -0.25) is 0 Å². The summed E-state index contributed by atoms with van der Waals surface area (Å²) in [5.74, 6) is 0. The molecule has 0 saturated carbocycles. The molecule has 0 aromatic heterocycles. The molecule has 0 bridgehead atoms. The minimum absolute atomic E-state index is 0.680. The molecule has 5 rings (SSSR count). The first kappa shape index (κ1) is 19.5. The van der Waals surface area contributed by atoms with Crippen LogP contribution in [0.4, 0.5) is 0 Å². The molecule has 150 valence electrons. The Balaban J connectivity index is 1.74. The van der Waals surface area contributed by atoms with Crippen molar-refractivity contribution in [3.63, 3.8) is 0 Å². The lowest BCUT2D eigenvalue weighted by atomic mass is 9.90. The second-order valence-corrected chi connectivity index (χ2v) is 7.69. The summed E-state index contributed by atoms with van der Waals surface area (Å²) in [4.78, 5) is 0. The third kappa shape index (κ3) is 3.71. The van der Waals surface area contributed by atoms with Crippen molar-refractivity contribution >= 4 is 45.8 Å². The van der Waals surface area contributed by atoms with E-state index in [9.17, 15) is 5.26 Å². The molecule has 5 aromatic rings. The van der Waals surface area contributed by atoms with Crippen molar-refractivity contribution in [2.24, 2.45) is 0 Å². The molecular weight excluding hydrogens is 386 g/mol. The molecule has 0 aliphatic rings. The van der Waals surface area contributed by atoms with Crippen molar-refractivity contribution in [2.75, 3.05) is 0 Å². The van der Waals surface area contributed by atoms with Gasteiger partial charge in [-0.1, -0.05) is 121 Å². The Morgan fingerprint density at radius 2 is 0.938 bits per heavy atom. The SMILES string of the molecule is N#Cc1ccccc1/C=C/c1c2ccccc2c(/C=C/c2ccccc2)c2ccccc12. The van der Waals surface area contributed by atoms with Crippen LogP contribution in [0, 0.1) is 11.3 Å². The first-order chi connectivity index (χ1) is 15.8. The molecular formula is C31H21N. The fraction of sp³-hybridized carbons (Fsp3) is 0. The predicted octanol–water partition coefficient (Wildman–Crippen LogP) is 8.21. The Labute approximate surface area is 188 Å². The van der Waals surface area contributed by atoms with Gasteiger partial charge in [-0.25, -0.2) is 0 Å². The number of rotatable bonds is 4. The second-order valence-electron chi connectivity index (χ2n) is 7.69. The summed E-state index contributed by atoms with van der Waals surface area (Å²) < 4.78 is 0. The Morgan fingerprint density at radius 3 is 1.50 bits per heavy atom. The van der Waals surface area contributed by atoms with Gasteiger partial charge in [0.2, 0.25) is 0 Å². The van der Waals surface area contributed by atoms with Crippen LogP contribution < -0.4 is 0 Å². The Morgan fingerprint density at radius 1 is 0.469 bits per heavy atom. The number of hydrogen-bond donors (Lipinski definition) is 0. The standard InChI is InChI=1S/C31H21N/c32-22-25-13-5-4-12-24(25)19-21-31-28-16-8-6-14-26(28)30(27-15-7-9-17-29(27)31)20-18-23-10-2-1-3-11-23/h1-21H/b20-18+,21-19+. The van der Waals surface area contributed by atoms with Gasteiger partial charge < -0.3 is 0 Å². The molecule has 0 saturated heterocycles. The van der Waals surface area contributed by atoms with E-state index in [4.69, 9.17) is 0 Å². The van der Waals surface area contributed by atoms with Gasteiger partial charge in [-0.05, 0) is 49.9 Å². The van der Waals surface area contributed by atoms with Crippen LogP contribution >= 0.6 is 0 Å². The van der Waals surface area contributed by atoms with Gasteiger partial charge >= 0.3 is 0 Å². The van der Waals surface area contributed by atoms with E-state index < -0.39 is 0 Å². The molecule has 1 nitrogen and oxygen atoms in total. The minimum atomic E-state index is 0.680. The van der Waals surface area contributed by atoms with E-state index in [1.807, 2.05) is 36.4 Å². The van der Waals surface area contributed by atoms with E-state index in [1.54, 1.807) is 0 Å². The van der Waals surface area contributed by atoms with Crippen LogP contribution in [0.2, 0.25) is 0 Å². The van der Waals surface area contributed by atoms with Crippen LogP contribution in [-0.4, -0.2) is 0 Å². The molecule has 0 aliphatic carbocycles. The number of fused-ring (bicyclic) bond motifs is 2. The summed E-state index contributed by atoms with van der Waals surface area (Å²) in [6.07, 6.45) is 8.59. The normalized spacial score (nSPS) is 11.5. The highest BCUT2D eigenvalue weighted by Crippen LogP contribution is 2.35. The molecule has 0 radical (unpaired) electrons. The number of nitrogens with zero attached hydrogens (tertiary/aromatic N) is 1. The van der Waals surface area contributed by atoms with Crippen molar-refractivity contribution in [1.82, 2.24) is 0 Å². The Hall–Kier alpha value is -4.41. The molecule has 5 aromatic carbocycles. The second kappa shape index (κ2) is 8.76. The zero-order chi connectivity index (χ0) is 21.8. The summed E-state index contributed by atoms with van der Waals surface area (Å²) in [6, 6.07) is 37.5. The highest BCUT2D eigenvalue weighted by molar-refractivity contribution is 6.14. The molecule has 0 heterocycles. The number of nitriles is 1. The van der Waals surface area contributed by atoms with Gasteiger partial charge in [-0.2, -0.15) is 5.26 Å². The molecule has 0 unspecified atom stereocenters. The Bertz CT molecular complexity index is 1460. The van der Waals surface area contributed by atoms with E-state index in [-0.39, 0.29) is 0 Å². The molecule has 1 heteroatoms. The van der Waals surface area contributed by atoms with Crippen molar-refractivity contribution in [3.05, 3.63) is 131 Å². The third-order valence-electron chi connectivity index (χ3n) is 5.77. The van der Waals surface area contributed by atoms with Gasteiger partial charge in [0.05, 0.1) is 11.6 Å². The molecule has 0 spiro atoms. The van der Waals surface area contributed by atoms with E-state index in [2.05, 4.69) is 97.1 Å². The van der Waals surface area contributed by atoms with Gasteiger partial charge in [-0.15, -0.1) is 0 Å². The maximum absolute atomic E-state index is 9.46. The molecule has 32 heavy (non-hydrogen) atoms. The quantitative estimate of drug-likeness (QED) is 0.217. The van der Waals surface area contributed by atoms with E-state index in [0.717, 1.165) is 5.56 Å². The minimum Gasteiger partial charge on any atom is -0.192 e. The fourth-order valence-electron chi connectivity index (χ4n) is 4.22. The van der Waals surface area contributed by atoms with Crippen molar-refractivity contribution in [2.45, 2.75) is 0 Å². The highest BCUT2D eigenvalue weighted by Gasteiger charge is 2.10. The molecule has 0 fully saturated rings. The zero-order valence-electron chi connectivity index (χ0n) is 17.6. The summed E-state index contributed by atoms with van der Waals surface area (Å²) in [7, 11) is 0. The van der Waals surface area contributed by atoms with Crippen LogP contribution in [0.25, 0.3) is 45.8 Å². The van der Waals surface area contributed by atoms with Crippen molar-refractivity contribution in [3.8, 4) is 6.07 Å². The van der Waals surface area contributed by atoms with Crippen LogP contribution in [0.3, 0.4) is 0 Å². The van der Waals surface area contributed by atoms with Gasteiger partial charge in [0.25, 0.3) is 0 Å². The van der Waals surface area contributed by atoms with Gasteiger partial charge in [0.15, 0.2) is 0 Å². The van der Waals surface area contributed by atoms with Crippen LogP contribution in [0.1, 0.15) is 27.8 Å². The molecule has 0 atom stereocenters. The predicted molar refractivity (Wildman–Crippen MR) is 137 cm³/mol. The topological polar surface area (TPSA) is 23.8 Å². The largest absolute Gasteiger partial charge is 0.192 e. The molecule has 0 amide bonds. The maximum atomic E-state index is 9.46. The van der Waals surface area contributed by atoms with E-state index >= 15 is 0 Å². The first-order valence-corrected chi connectivity index (χ1v) is 10.7. The van der Waals surface area contributed by atoms with Crippen molar-refractivity contribution in [1.29, 1.82) is 5.26 Å². The summed E-state index contributed by atoms with van der Waals surface area (Å²) in [6.45, 7) is 0.